The monoisotopic (exact) mass is 606 g/mol. The maximum absolute atomic E-state index is 11.1. The molecular weight excluding hydrogens is 556 g/mol. The lowest BCUT2D eigenvalue weighted by molar-refractivity contribution is -0.252. The predicted molar refractivity (Wildman–Crippen MR) is 172 cm³/mol. The van der Waals surface area contributed by atoms with Crippen LogP contribution in [0.5, 0.6) is 5.75 Å². The molecule has 2 aliphatic heterocycles. The topological polar surface area (TPSA) is 75.6 Å². The fourth-order valence-electron chi connectivity index (χ4n) is 6.67. The van der Waals surface area contributed by atoms with Gasteiger partial charge in [0.05, 0.1) is 49.3 Å². The van der Waals surface area contributed by atoms with Crippen molar-refractivity contribution >= 4 is 10.8 Å². The van der Waals surface area contributed by atoms with Crippen molar-refractivity contribution in [2.45, 2.75) is 121 Å². The van der Waals surface area contributed by atoms with Crippen LogP contribution in [0, 0.1) is 0 Å². The zero-order valence-corrected chi connectivity index (χ0v) is 26.7. The summed E-state index contributed by atoms with van der Waals surface area (Å²) in [6.07, 6.45) is 5.19. The Labute approximate surface area is 262 Å². The van der Waals surface area contributed by atoms with Gasteiger partial charge < -0.3 is 33.5 Å². The van der Waals surface area contributed by atoms with Gasteiger partial charge in [0.25, 0.3) is 0 Å². The van der Waals surface area contributed by atoms with Gasteiger partial charge in [0, 0.05) is 18.6 Å². The van der Waals surface area contributed by atoms with E-state index >= 15 is 0 Å². The SMILES string of the molecule is CCOC(CCCC1CC(C)O[C@@H](c2c(OC)ccc3ccccc23)O1)CC(O)CC1CC(CC)O[C@H](c2ccccc2)O1. The third-order valence-electron chi connectivity index (χ3n) is 8.86. The number of aliphatic hydroxyl groups excluding tert-OH is 1. The molecule has 5 rings (SSSR count). The molecule has 7 nitrogen and oxygen atoms in total. The highest BCUT2D eigenvalue weighted by Crippen LogP contribution is 2.40. The molecular formula is C37H50O7. The summed E-state index contributed by atoms with van der Waals surface area (Å²) in [5.74, 6) is 0.779. The smallest absolute Gasteiger partial charge is 0.188 e. The zero-order valence-electron chi connectivity index (χ0n) is 26.7. The Kier molecular flexibility index (Phi) is 12.1. The van der Waals surface area contributed by atoms with Crippen molar-refractivity contribution in [3.05, 3.63) is 77.9 Å². The molecule has 2 saturated heterocycles. The van der Waals surface area contributed by atoms with Gasteiger partial charge >= 0.3 is 0 Å². The van der Waals surface area contributed by atoms with Crippen LogP contribution in [0.25, 0.3) is 10.8 Å². The normalized spacial score (nSPS) is 27.2. The molecule has 2 aliphatic rings. The molecule has 3 aromatic rings. The maximum atomic E-state index is 11.1. The number of hydrogen-bond acceptors (Lipinski definition) is 7. The van der Waals surface area contributed by atoms with Gasteiger partial charge in [-0.1, -0.05) is 67.6 Å². The van der Waals surface area contributed by atoms with Crippen molar-refractivity contribution in [2.75, 3.05) is 13.7 Å². The zero-order chi connectivity index (χ0) is 30.9. The molecule has 0 bridgehead atoms. The van der Waals surface area contributed by atoms with Gasteiger partial charge in [-0.15, -0.1) is 0 Å². The van der Waals surface area contributed by atoms with Crippen LogP contribution in [-0.2, 0) is 23.7 Å². The van der Waals surface area contributed by atoms with Crippen LogP contribution in [0.4, 0.5) is 0 Å². The van der Waals surface area contributed by atoms with Gasteiger partial charge in [-0.25, -0.2) is 0 Å². The standard InChI is InChI=1S/C37H50O7/c1-5-29-24-32(44-36(42-29)27-14-8-7-9-15-27)23-28(38)22-30(40-6-2)16-12-17-31-21-25(3)41-37(43-31)35-33-18-11-10-13-26(33)19-20-34(35)39-4/h7-11,13-15,18-20,25,28-32,36-38H,5-6,12,16-17,21-24H2,1-4H3/t25?,28?,29?,30?,31?,32?,36-,37+/m0/s1. The Balaban J connectivity index is 1.15. The molecule has 1 N–H and O–H groups in total. The number of ether oxygens (including phenoxy) is 6. The first-order valence-corrected chi connectivity index (χ1v) is 16.5. The molecule has 6 unspecified atom stereocenters. The molecule has 44 heavy (non-hydrogen) atoms. The van der Waals surface area contributed by atoms with Crippen molar-refractivity contribution in [1.82, 2.24) is 0 Å². The van der Waals surface area contributed by atoms with Crippen LogP contribution >= 0.6 is 0 Å². The highest BCUT2D eigenvalue weighted by Gasteiger charge is 2.33. The molecule has 8 atom stereocenters. The average Bonchev–Trinajstić information content (AvgIpc) is 3.04. The summed E-state index contributed by atoms with van der Waals surface area (Å²) < 4.78 is 37.2. The number of rotatable bonds is 14. The molecule has 3 aromatic carbocycles. The van der Waals surface area contributed by atoms with Crippen LogP contribution in [-0.4, -0.2) is 55.4 Å². The van der Waals surface area contributed by atoms with Crippen molar-refractivity contribution in [3.63, 3.8) is 0 Å². The van der Waals surface area contributed by atoms with E-state index in [0.717, 1.165) is 66.2 Å². The number of fused-ring (bicyclic) bond motifs is 1. The minimum atomic E-state index is -0.508. The van der Waals surface area contributed by atoms with E-state index in [2.05, 4.69) is 32.0 Å². The predicted octanol–water partition coefficient (Wildman–Crippen LogP) is 8.04. The number of aliphatic hydroxyl groups is 1. The lowest BCUT2D eigenvalue weighted by atomic mass is 9.96. The Morgan fingerprint density at radius 3 is 2.36 bits per heavy atom. The molecule has 0 radical (unpaired) electrons. The summed E-state index contributed by atoms with van der Waals surface area (Å²) in [6.45, 7) is 6.89. The van der Waals surface area contributed by atoms with Crippen molar-refractivity contribution in [1.29, 1.82) is 0 Å². The third kappa shape index (κ3) is 8.59. The van der Waals surface area contributed by atoms with Crippen LogP contribution < -0.4 is 4.74 Å². The Morgan fingerprint density at radius 2 is 1.59 bits per heavy atom. The van der Waals surface area contributed by atoms with Crippen molar-refractivity contribution in [2.24, 2.45) is 0 Å². The van der Waals surface area contributed by atoms with E-state index in [1.807, 2.05) is 55.5 Å². The highest BCUT2D eigenvalue weighted by atomic mass is 16.7. The molecule has 240 valence electrons. The molecule has 2 heterocycles. The first-order valence-electron chi connectivity index (χ1n) is 16.5. The third-order valence-corrected chi connectivity index (χ3v) is 8.86. The Bertz CT molecular complexity index is 1280. The fraction of sp³-hybridized carbons (Fsp3) is 0.568. The molecule has 0 spiro atoms. The second-order valence-electron chi connectivity index (χ2n) is 12.2. The van der Waals surface area contributed by atoms with Gasteiger partial charge in [0.2, 0.25) is 0 Å². The maximum Gasteiger partial charge on any atom is 0.188 e. The number of benzene rings is 3. The molecule has 2 fully saturated rings. The summed E-state index contributed by atoms with van der Waals surface area (Å²) in [4.78, 5) is 0. The fourth-order valence-corrected chi connectivity index (χ4v) is 6.67. The molecule has 0 amide bonds. The van der Waals surface area contributed by atoms with E-state index in [1.165, 1.54) is 0 Å². The first kappa shape index (κ1) is 32.9. The molecule has 0 saturated carbocycles. The lowest BCUT2D eigenvalue weighted by Crippen LogP contribution is -2.36. The second-order valence-corrected chi connectivity index (χ2v) is 12.2. The van der Waals surface area contributed by atoms with E-state index in [4.69, 9.17) is 28.4 Å². The summed E-state index contributed by atoms with van der Waals surface area (Å²) >= 11 is 0. The molecule has 0 aromatic heterocycles. The number of methoxy groups -OCH3 is 1. The second kappa shape index (κ2) is 16.2. The minimum Gasteiger partial charge on any atom is -0.496 e. The van der Waals surface area contributed by atoms with Crippen molar-refractivity contribution < 1.29 is 33.5 Å². The average molecular weight is 607 g/mol. The van der Waals surface area contributed by atoms with Crippen LogP contribution in [0.1, 0.15) is 95.8 Å². The van der Waals surface area contributed by atoms with E-state index in [1.54, 1.807) is 7.11 Å². The van der Waals surface area contributed by atoms with E-state index < -0.39 is 18.7 Å². The van der Waals surface area contributed by atoms with Gasteiger partial charge in [-0.3, -0.25) is 0 Å². The minimum absolute atomic E-state index is 0.0204. The van der Waals surface area contributed by atoms with E-state index in [-0.39, 0.29) is 30.5 Å². The van der Waals surface area contributed by atoms with Gasteiger partial charge in [0.15, 0.2) is 12.6 Å². The van der Waals surface area contributed by atoms with Crippen LogP contribution in [0.3, 0.4) is 0 Å². The Morgan fingerprint density at radius 1 is 0.841 bits per heavy atom. The lowest BCUT2D eigenvalue weighted by Gasteiger charge is -2.37. The summed E-state index contributed by atoms with van der Waals surface area (Å²) in [6, 6.07) is 22.4. The molecule has 7 heteroatoms. The largest absolute Gasteiger partial charge is 0.496 e. The van der Waals surface area contributed by atoms with E-state index in [0.29, 0.717) is 19.4 Å². The van der Waals surface area contributed by atoms with Crippen molar-refractivity contribution in [3.8, 4) is 5.75 Å². The van der Waals surface area contributed by atoms with E-state index in [9.17, 15) is 5.11 Å². The first-order chi connectivity index (χ1) is 21.5. The summed E-state index contributed by atoms with van der Waals surface area (Å²) in [5, 5.41) is 13.4. The van der Waals surface area contributed by atoms with Crippen LogP contribution in [0.15, 0.2) is 66.7 Å². The number of hydrogen-bond donors (Lipinski definition) is 1. The Hall–Kier alpha value is -2.52. The summed E-state index contributed by atoms with van der Waals surface area (Å²) in [7, 11) is 1.69. The van der Waals surface area contributed by atoms with Gasteiger partial charge in [0.1, 0.15) is 5.75 Å². The van der Waals surface area contributed by atoms with Gasteiger partial charge in [-0.2, -0.15) is 0 Å². The van der Waals surface area contributed by atoms with Crippen LogP contribution in [0.2, 0.25) is 0 Å². The quantitative estimate of drug-likeness (QED) is 0.199. The highest BCUT2D eigenvalue weighted by molar-refractivity contribution is 5.88. The van der Waals surface area contributed by atoms with Gasteiger partial charge in [-0.05, 0) is 75.6 Å². The molecule has 0 aliphatic carbocycles. The summed E-state index contributed by atoms with van der Waals surface area (Å²) in [5.41, 5.74) is 1.97.